The lowest BCUT2D eigenvalue weighted by molar-refractivity contribution is -0.140. The molecule has 1 N–H and O–H groups in total. The van der Waals surface area contributed by atoms with Gasteiger partial charge in [0.15, 0.2) is 0 Å². The topological polar surface area (TPSA) is 88.5 Å². The zero-order chi connectivity index (χ0) is 25.7. The highest BCUT2D eigenvalue weighted by Crippen LogP contribution is 2.44. The van der Waals surface area contributed by atoms with Gasteiger partial charge >= 0.3 is 0 Å². The molecule has 8 heteroatoms. The van der Waals surface area contributed by atoms with E-state index < -0.39 is 17.7 Å². The molecule has 0 unspecified atom stereocenters. The van der Waals surface area contributed by atoms with Crippen LogP contribution in [0.15, 0.2) is 42.0 Å². The first-order valence-corrected chi connectivity index (χ1v) is 11.7. The maximum atomic E-state index is 13.3. The van der Waals surface area contributed by atoms with Crippen molar-refractivity contribution < 1.29 is 28.9 Å². The molecule has 1 aliphatic rings. The quantitative estimate of drug-likeness (QED) is 0.313. The number of rotatable bonds is 10. The highest BCUT2D eigenvalue weighted by Gasteiger charge is 2.47. The number of likely N-dealkylation sites (N-methyl/N-ethyl adjacent to an activating group) is 1. The van der Waals surface area contributed by atoms with Gasteiger partial charge in [-0.05, 0) is 55.9 Å². The molecule has 0 aliphatic carbocycles. The summed E-state index contributed by atoms with van der Waals surface area (Å²) in [5.41, 5.74) is 1.81. The highest BCUT2D eigenvalue weighted by atomic mass is 16.5. The SMILES string of the molecule is CCN(CC)CCN1C(=O)C(=O)C(=C(O)c2ccc(OC)cc2C)[C@@H]1c1ccc(OC)cc1OC. The van der Waals surface area contributed by atoms with Gasteiger partial charge < -0.3 is 29.1 Å². The Bertz CT molecular complexity index is 1120. The molecule has 1 aliphatic heterocycles. The molecule has 2 aromatic rings. The Morgan fingerprint density at radius 1 is 0.971 bits per heavy atom. The zero-order valence-electron chi connectivity index (χ0n) is 21.3. The minimum Gasteiger partial charge on any atom is -0.507 e. The molecule has 1 atom stereocenters. The fourth-order valence-electron chi connectivity index (χ4n) is 4.44. The summed E-state index contributed by atoms with van der Waals surface area (Å²) < 4.78 is 16.2. The Morgan fingerprint density at radius 3 is 2.17 bits per heavy atom. The molecule has 0 saturated carbocycles. The maximum absolute atomic E-state index is 13.3. The second-order valence-electron chi connectivity index (χ2n) is 8.31. The number of aryl methyl sites for hydroxylation is 1. The van der Waals surface area contributed by atoms with E-state index in [-0.39, 0.29) is 11.3 Å². The van der Waals surface area contributed by atoms with Crippen LogP contribution in [0.25, 0.3) is 5.76 Å². The molecule has 1 fully saturated rings. The number of aliphatic hydroxyl groups is 1. The number of ketones is 1. The van der Waals surface area contributed by atoms with E-state index in [9.17, 15) is 14.7 Å². The minimum absolute atomic E-state index is 0.0336. The average Bonchev–Trinajstić information content (AvgIpc) is 3.13. The molecule has 1 heterocycles. The lowest BCUT2D eigenvalue weighted by Crippen LogP contribution is -2.38. The lowest BCUT2D eigenvalue weighted by Gasteiger charge is -2.29. The molecular formula is C27H34N2O6. The number of nitrogens with zero attached hydrogens (tertiary/aromatic N) is 2. The van der Waals surface area contributed by atoms with Crippen molar-refractivity contribution in [1.29, 1.82) is 0 Å². The fraction of sp³-hybridized carbons (Fsp3) is 0.407. The van der Waals surface area contributed by atoms with Gasteiger partial charge in [0.05, 0.1) is 32.9 Å². The number of likely N-dealkylation sites (tertiary alicyclic amines) is 1. The first-order chi connectivity index (χ1) is 16.8. The van der Waals surface area contributed by atoms with Crippen molar-refractivity contribution in [3.05, 3.63) is 58.7 Å². The van der Waals surface area contributed by atoms with E-state index in [4.69, 9.17) is 14.2 Å². The van der Waals surface area contributed by atoms with E-state index in [1.54, 1.807) is 50.6 Å². The summed E-state index contributed by atoms with van der Waals surface area (Å²) in [6.07, 6.45) is 0. The van der Waals surface area contributed by atoms with Gasteiger partial charge in [-0.15, -0.1) is 0 Å². The first-order valence-electron chi connectivity index (χ1n) is 11.7. The van der Waals surface area contributed by atoms with E-state index >= 15 is 0 Å². The highest BCUT2D eigenvalue weighted by molar-refractivity contribution is 6.46. The Kier molecular flexibility index (Phi) is 8.40. The zero-order valence-corrected chi connectivity index (χ0v) is 21.3. The van der Waals surface area contributed by atoms with Gasteiger partial charge in [0.2, 0.25) is 0 Å². The third-order valence-corrected chi connectivity index (χ3v) is 6.52. The van der Waals surface area contributed by atoms with Gasteiger partial charge in [-0.2, -0.15) is 0 Å². The molecule has 35 heavy (non-hydrogen) atoms. The van der Waals surface area contributed by atoms with Gasteiger partial charge in [-0.3, -0.25) is 9.59 Å². The van der Waals surface area contributed by atoms with Crippen molar-refractivity contribution in [2.45, 2.75) is 26.8 Å². The number of carbonyl (C=O) groups excluding carboxylic acids is 2. The molecule has 0 radical (unpaired) electrons. The molecule has 0 aromatic heterocycles. The maximum Gasteiger partial charge on any atom is 0.295 e. The predicted octanol–water partition coefficient (Wildman–Crippen LogP) is 3.78. The van der Waals surface area contributed by atoms with Crippen LogP contribution in [-0.4, -0.2) is 74.1 Å². The third-order valence-electron chi connectivity index (χ3n) is 6.52. The van der Waals surface area contributed by atoms with E-state index in [1.165, 1.54) is 12.0 Å². The summed E-state index contributed by atoms with van der Waals surface area (Å²) in [5, 5.41) is 11.4. The average molecular weight is 483 g/mol. The molecule has 188 valence electrons. The van der Waals surface area contributed by atoms with Crippen LogP contribution in [0.4, 0.5) is 0 Å². The largest absolute Gasteiger partial charge is 0.507 e. The number of benzene rings is 2. The number of methoxy groups -OCH3 is 3. The molecule has 0 bridgehead atoms. The first kappa shape index (κ1) is 26.1. The van der Waals surface area contributed by atoms with Crippen LogP contribution in [0.5, 0.6) is 17.2 Å². The molecule has 2 aromatic carbocycles. The number of aliphatic hydroxyl groups excluding tert-OH is 1. The molecule has 8 nitrogen and oxygen atoms in total. The second kappa shape index (κ2) is 11.3. The van der Waals surface area contributed by atoms with Crippen molar-refractivity contribution >= 4 is 17.4 Å². The van der Waals surface area contributed by atoms with Crippen molar-refractivity contribution in [3.63, 3.8) is 0 Å². The molecule has 1 saturated heterocycles. The Balaban J connectivity index is 2.20. The lowest BCUT2D eigenvalue weighted by atomic mass is 9.93. The number of carbonyl (C=O) groups is 2. The fourth-order valence-corrected chi connectivity index (χ4v) is 4.44. The van der Waals surface area contributed by atoms with Crippen LogP contribution in [0.2, 0.25) is 0 Å². The van der Waals surface area contributed by atoms with Gasteiger partial charge in [-0.1, -0.05) is 13.8 Å². The standard InChI is InChI=1S/C27H34N2O6/c1-7-28(8-2)13-14-29-24(21-12-10-19(34-5)16-22(21)35-6)23(26(31)27(29)32)25(30)20-11-9-18(33-4)15-17(20)3/h9-12,15-16,24,30H,7-8,13-14H2,1-6H3/t24-/m0/s1. The van der Waals surface area contributed by atoms with Crippen LogP contribution >= 0.6 is 0 Å². The van der Waals surface area contributed by atoms with Gasteiger partial charge in [-0.25, -0.2) is 0 Å². The van der Waals surface area contributed by atoms with E-state index in [0.29, 0.717) is 41.5 Å². The summed E-state index contributed by atoms with van der Waals surface area (Å²) in [6, 6.07) is 9.59. The van der Waals surface area contributed by atoms with E-state index in [0.717, 1.165) is 18.7 Å². The number of Topliss-reactive ketones (excluding diaryl/α,β-unsaturated/α-hetero) is 1. The van der Waals surface area contributed by atoms with Crippen LogP contribution < -0.4 is 14.2 Å². The summed E-state index contributed by atoms with van der Waals surface area (Å²) in [6.45, 7) is 8.48. The van der Waals surface area contributed by atoms with Gasteiger partial charge in [0.25, 0.3) is 11.7 Å². The summed E-state index contributed by atoms with van der Waals surface area (Å²) in [7, 11) is 4.64. The number of amides is 1. The van der Waals surface area contributed by atoms with Crippen LogP contribution in [0.3, 0.4) is 0 Å². The number of ether oxygens (including phenoxy) is 3. The van der Waals surface area contributed by atoms with Crippen molar-refractivity contribution in [2.24, 2.45) is 0 Å². The molecule has 1 amide bonds. The normalized spacial score (nSPS) is 17.2. The predicted molar refractivity (Wildman–Crippen MR) is 134 cm³/mol. The summed E-state index contributed by atoms with van der Waals surface area (Å²) in [4.78, 5) is 30.3. The van der Waals surface area contributed by atoms with Crippen molar-refractivity contribution in [2.75, 3.05) is 47.5 Å². The molecular weight excluding hydrogens is 448 g/mol. The summed E-state index contributed by atoms with van der Waals surface area (Å²) >= 11 is 0. The Labute approximate surface area is 206 Å². The number of hydrogen-bond acceptors (Lipinski definition) is 7. The third kappa shape index (κ3) is 5.12. The Hall–Kier alpha value is -3.52. The number of hydrogen-bond donors (Lipinski definition) is 1. The minimum atomic E-state index is -0.812. The molecule has 0 spiro atoms. The summed E-state index contributed by atoms with van der Waals surface area (Å²) in [5.74, 6) is 0.0785. The van der Waals surface area contributed by atoms with Crippen LogP contribution in [0.1, 0.15) is 36.6 Å². The van der Waals surface area contributed by atoms with Crippen LogP contribution in [0, 0.1) is 6.92 Å². The second-order valence-corrected chi connectivity index (χ2v) is 8.31. The Morgan fingerprint density at radius 2 is 1.60 bits per heavy atom. The van der Waals surface area contributed by atoms with E-state index in [1.807, 2.05) is 20.8 Å². The van der Waals surface area contributed by atoms with Gasteiger partial charge in [0, 0.05) is 30.3 Å². The van der Waals surface area contributed by atoms with E-state index in [2.05, 4.69) is 4.90 Å². The van der Waals surface area contributed by atoms with Crippen LogP contribution in [-0.2, 0) is 9.59 Å². The molecule has 3 rings (SSSR count). The smallest absolute Gasteiger partial charge is 0.295 e. The van der Waals surface area contributed by atoms with Crippen molar-refractivity contribution in [3.8, 4) is 17.2 Å². The van der Waals surface area contributed by atoms with Gasteiger partial charge in [0.1, 0.15) is 23.0 Å². The van der Waals surface area contributed by atoms with Crippen molar-refractivity contribution in [1.82, 2.24) is 9.80 Å². The monoisotopic (exact) mass is 482 g/mol.